The Labute approximate surface area is 108 Å². The van der Waals surface area contributed by atoms with Crippen LogP contribution >= 0.6 is 0 Å². The summed E-state index contributed by atoms with van der Waals surface area (Å²) in [6.45, 7) is 2.66. The van der Waals surface area contributed by atoms with Gasteiger partial charge >= 0.3 is 0 Å². The molecule has 18 heavy (non-hydrogen) atoms. The van der Waals surface area contributed by atoms with Gasteiger partial charge in [0, 0.05) is 5.71 Å². The maximum absolute atomic E-state index is 8.78. The molecule has 1 heterocycles. The molecule has 1 unspecified atom stereocenters. The highest BCUT2D eigenvalue weighted by atomic mass is 14.8. The van der Waals surface area contributed by atoms with Crippen LogP contribution in [0.3, 0.4) is 0 Å². The fraction of sp³-hybridized carbons (Fsp3) is 0.400. The molecule has 0 fully saturated rings. The Morgan fingerprint density at radius 3 is 2.89 bits per heavy atom. The Hall–Kier alpha value is -1.95. The van der Waals surface area contributed by atoms with E-state index in [4.69, 9.17) is 10.3 Å². The van der Waals surface area contributed by atoms with Crippen LogP contribution in [0.1, 0.15) is 43.4 Å². The van der Waals surface area contributed by atoms with Gasteiger partial charge in [-0.1, -0.05) is 12.1 Å². The van der Waals surface area contributed by atoms with Crippen LogP contribution in [0.4, 0.5) is 0 Å². The average molecular weight is 239 g/mol. The average Bonchev–Trinajstić information content (AvgIpc) is 2.45. The van der Waals surface area contributed by atoms with Crippen molar-refractivity contribution in [3.63, 3.8) is 0 Å². The third-order valence-corrected chi connectivity index (χ3v) is 3.16. The summed E-state index contributed by atoms with van der Waals surface area (Å²) in [5.74, 6) is 0. The van der Waals surface area contributed by atoms with Crippen LogP contribution < -0.4 is 0 Å². The van der Waals surface area contributed by atoms with Crippen molar-refractivity contribution in [2.45, 2.75) is 32.2 Å². The van der Waals surface area contributed by atoms with E-state index >= 15 is 0 Å². The van der Waals surface area contributed by atoms with Gasteiger partial charge in [-0.2, -0.15) is 5.26 Å². The minimum absolute atomic E-state index is 0.244. The standard InChI is InChI=1S/C15H17N3/c1-2-17-11-14-4-3-5-15(18-14)13-8-6-12(10-16)7-9-13/h2,6-9,15H,3-5,11H2,1H3/b17-2-. The number of nitrogens with zero attached hydrogens (tertiary/aromatic N) is 3. The Morgan fingerprint density at radius 1 is 1.44 bits per heavy atom. The molecule has 0 N–H and O–H groups in total. The van der Waals surface area contributed by atoms with Gasteiger partial charge in [-0.3, -0.25) is 9.98 Å². The van der Waals surface area contributed by atoms with Gasteiger partial charge in [-0.15, -0.1) is 0 Å². The van der Waals surface area contributed by atoms with Crippen molar-refractivity contribution < 1.29 is 0 Å². The van der Waals surface area contributed by atoms with E-state index in [2.05, 4.69) is 11.1 Å². The summed E-state index contributed by atoms with van der Waals surface area (Å²) in [5, 5.41) is 8.78. The molecular weight excluding hydrogens is 222 g/mol. The van der Waals surface area contributed by atoms with Crippen molar-refractivity contribution in [3.8, 4) is 6.07 Å². The normalized spacial score (nSPS) is 19.6. The van der Waals surface area contributed by atoms with Gasteiger partial charge < -0.3 is 0 Å². The molecule has 0 aromatic heterocycles. The molecule has 0 amide bonds. The monoisotopic (exact) mass is 239 g/mol. The van der Waals surface area contributed by atoms with Gasteiger partial charge in [0.15, 0.2) is 0 Å². The van der Waals surface area contributed by atoms with Gasteiger partial charge in [0.2, 0.25) is 0 Å². The SMILES string of the molecule is C/C=N\CC1=NC(c2ccc(C#N)cc2)CCC1. The van der Waals surface area contributed by atoms with Crippen LogP contribution in [-0.4, -0.2) is 18.5 Å². The molecule has 2 rings (SSSR count). The van der Waals surface area contributed by atoms with E-state index in [0.29, 0.717) is 5.56 Å². The summed E-state index contributed by atoms with van der Waals surface area (Å²) in [7, 11) is 0. The molecule has 1 aromatic rings. The second-order valence-corrected chi connectivity index (χ2v) is 4.44. The number of hydrogen-bond donors (Lipinski definition) is 0. The van der Waals surface area contributed by atoms with Crippen LogP contribution in [0.5, 0.6) is 0 Å². The summed E-state index contributed by atoms with van der Waals surface area (Å²) in [5.41, 5.74) is 3.09. The lowest BCUT2D eigenvalue weighted by Gasteiger charge is -2.20. The number of rotatable bonds is 3. The number of hydrogen-bond acceptors (Lipinski definition) is 3. The van der Waals surface area contributed by atoms with Crippen LogP contribution in [0, 0.1) is 11.3 Å². The first-order chi connectivity index (χ1) is 8.83. The summed E-state index contributed by atoms with van der Waals surface area (Å²) in [6, 6.07) is 10.1. The van der Waals surface area contributed by atoms with E-state index in [1.807, 2.05) is 37.4 Å². The first-order valence-electron chi connectivity index (χ1n) is 6.33. The van der Waals surface area contributed by atoms with Gasteiger partial charge in [0.1, 0.15) is 0 Å². The van der Waals surface area contributed by atoms with Crippen molar-refractivity contribution in [3.05, 3.63) is 35.4 Å². The second kappa shape index (κ2) is 6.11. The maximum Gasteiger partial charge on any atom is 0.0991 e. The fourth-order valence-electron chi connectivity index (χ4n) is 2.19. The molecule has 1 aliphatic heterocycles. The third kappa shape index (κ3) is 3.04. The van der Waals surface area contributed by atoms with E-state index < -0.39 is 0 Å². The largest absolute Gasteiger partial charge is 0.292 e. The number of nitriles is 1. The van der Waals surface area contributed by atoms with Crippen LogP contribution in [-0.2, 0) is 0 Å². The summed E-state index contributed by atoms with van der Waals surface area (Å²) < 4.78 is 0. The van der Waals surface area contributed by atoms with E-state index in [1.165, 1.54) is 17.7 Å². The Morgan fingerprint density at radius 2 is 2.22 bits per heavy atom. The zero-order valence-electron chi connectivity index (χ0n) is 10.6. The van der Waals surface area contributed by atoms with Crippen LogP contribution in [0.2, 0.25) is 0 Å². The maximum atomic E-state index is 8.78. The molecular formula is C15H17N3. The highest BCUT2D eigenvalue weighted by molar-refractivity contribution is 5.88. The van der Waals surface area contributed by atoms with Crippen molar-refractivity contribution in [1.29, 1.82) is 5.26 Å². The summed E-state index contributed by atoms with van der Waals surface area (Å²) >= 11 is 0. The zero-order valence-corrected chi connectivity index (χ0v) is 10.6. The molecule has 0 saturated carbocycles. The highest BCUT2D eigenvalue weighted by Crippen LogP contribution is 2.28. The van der Waals surface area contributed by atoms with Crippen molar-refractivity contribution >= 4 is 11.9 Å². The Balaban J connectivity index is 2.14. The first kappa shape index (κ1) is 12.5. The first-order valence-corrected chi connectivity index (χ1v) is 6.33. The zero-order chi connectivity index (χ0) is 12.8. The quantitative estimate of drug-likeness (QED) is 0.746. The van der Waals surface area contributed by atoms with Gasteiger partial charge in [-0.25, -0.2) is 0 Å². The second-order valence-electron chi connectivity index (χ2n) is 4.44. The fourth-order valence-corrected chi connectivity index (χ4v) is 2.19. The molecule has 0 spiro atoms. The van der Waals surface area contributed by atoms with Crippen molar-refractivity contribution in [2.24, 2.45) is 9.98 Å². The van der Waals surface area contributed by atoms with Gasteiger partial charge in [0.05, 0.1) is 24.2 Å². The number of aliphatic imine (C=N–C) groups is 2. The smallest absolute Gasteiger partial charge is 0.0991 e. The highest BCUT2D eigenvalue weighted by Gasteiger charge is 2.16. The molecule has 0 radical (unpaired) electrons. The van der Waals surface area contributed by atoms with E-state index in [9.17, 15) is 0 Å². The predicted molar refractivity (Wildman–Crippen MR) is 74.2 cm³/mol. The minimum Gasteiger partial charge on any atom is -0.292 e. The summed E-state index contributed by atoms with van der Waals surface area (Å²) in [4.78, 5) is 9.02. The van der Waals surface area contributed by atoms with Crippen LogP contribution in [0.15, 0.2) is 34.3 Å². The molecule has 0 aliphatic carbocycles. The van der Waals surface area contributed by atoms with E-state index in [-0.39, 0.29) is 6.04 Å². The third-order valence-electron chi connectivity index (χ3n) is 3.16. The molecule has 92 valence electrons. The lowest BCUT2D eigenvalue weighted by atomic mass is 9.96. The van der Waals surface area contributed by atoms with Gasteiger partial charge in [0.25, 0.3) is 0 Å². The van der Waals surface area contributed by atoms with Crippen molar-refractivity contribution in [2.75, 3.05) is 6.54 Å². The molecule has 1 aromatic carbocycles. The molecule has 0 saturated heterocycles. The van der Waals surface area contributed by atoms with E-state index in [1.54, 1.807) is 0 Å². The minimum atomic E-state index is 0.244. The van der Waals surface area contributed by atoms with Crippen molar-refractivity contribution in [1.82, 2.24) is 0 Å². The topological polar surface area (TPSA) is 48.5 Å². The molecule has 0 bridgehead atoms. The summed E-state index contributed by atoms with van der Waals surface area (Å²) in [6.07, 6.45) is 5.14. The molecule has 1 atom stereocenters. The molecule has 3 heteroatoms. The van der Waals surface area contributed by atoms with Gasteiger partial charge in [-0.05, 0) is 50.1 Å². The lowest BCUT2D eigenvalue weighted by Crippen LogP contribution is -2.12. The van der Waals surface area contributed by atoms with E-state index in [0.717, 1.165) is 19.4 Å². The predicted octanol–water partition coefficient (Wildman–Crippen LogP) is 3.31. The van der Waals surface area contributed by atoms with Crippen LogP contribution in [0.25, 0.3) is 0 Å². The number of benzene rings is 1. The lowest BCUT2D eigenvalue weighted by molar-refractivity contribution is 0.593. The Bertz CT molecular complexity index is 491. The molecule has 3 nitrogen and oxygen atoms in total. The Kier molecular flexibility index (Phi) is 4.25. The molecule has 1 aliphatic rings.